The summed E-state index contributed by atoms with van der Waals surface area (Å²) in [5, 5.41) is 3.39. The van der Waals surface area contributed by atoms with Gasteiger partial charge in [-0.2, -0.15) is 0 Å². The fourth-order valence-electron chi connectivity index (χ4n) is 2.62. The highest BCUT2D eigenvalue weighted by molar-refractivity contribution is 5.68. The van der Waals surface area contributed by atoms with E-state index in [-0.39, 0.29) is 11.5 Å². The molecule has 0 saturated carbocycles. The summed E-state index contributed by atoms with van der Waals surface area (Å²) in [5.41, 5.74) is -0.148. The molecule has 0 unspecified atom stereocenters. The van der Waals surface area contributed by atoms with Crippen molar-refractivity contribution in [2.24, 2.45) is 11.3 Å². The number of carbonyl (C=O) groups excluding carboxylic acids is 1. The van der Waals surface area contributed by atoms with Crippen molar-refractivity contribution in [2.75, 3.05) is 26.2 Å². The normalized spacial score (nSPS) is 34.0. The number of nitrogens with zero attached hydrogens (tertiary/aromatic N) is 1. The fraction of sp³-hybridized carbons (Fsp3) is 0.917. The second-order valence-electron chi connectivity index (χ2n) is 6.34. The highest BCUT2D eigenvalue weighted by atomic mass is 16.6. The summed E-state index contributed by atoms with van der Waals surface area (Å²) in [7, 11) is 0. The topological polar surface area (TPSA) is 41.6 Å². The third-order valence-corrected chi connectivity index (χ3v) is 3.55. The predicted molar refractivity (Wildman–Crippen MR) is 62.3 cm³/mol. The van der Waals surface area contributed by atoms with E-state index in [0.29, 0.717) is 5.92 Å². The van der Waals surface area contributed by atoms with Gasteiger partial charge in [0.15, 0.2) is 0 Å². The monoisotopic (exact) mass is 226 g/mol. The van der Waals surface area contributed by atoms with Gasteiger partial charge in [0.25, 0.3) is 0 Å². The first-order valence-corrected chi connectivity index (χ1v) is 5.99. The van der Waals surface area contributed by atoms with Gasteiger partial charge >= 0.3 is 6.09 Å². The Morgan fingerprint density at radius 1 is 1.50 bits per heavy atom. The Kier molecular flexibility index (Phi) is 2.65. The quantitative estimate of drug-likeness (QED) is 0.680. The van der Waals surface area contributed by atoms with Crippen LogP contribution in [0.15, 0.2) is 0 Å². The number of hydrogen-bond acceptors (Lipinski definition) is 3. The summed E-state index contributed by atoms with van der Waals surface area (Å²) in [5.74, 6) is 0.583. The summed E-state index contributed by atoms with van der Waals surface area (Å²) < 4.78 is 5.40. The molecule has 0 spiro atoms. The molecule has 2 rings (SSSR count). The van der Waals surface area contributed by atoms with Crippen LogP contribution in [-0.2, 0) is 4.74 Å². The Morgan fingerprint density at radius 2 is 2.19 bits per heavy atom. The number of carbonyl (C=O) groups is 1. The van der Waals surface area contributed by atoms with Crippen molar-refractivity contribution < 1.29 is 9.53 Å². The molecule has 2 saturated heterocycles. The van der Waals surface area contributed by atoms with Gasteiger partial charge in [-0.25, -0.2) is 4.79 Å². The predicted octanol–water partition coefficient (Wildman–Crippen LogP) is 1.46. The maximum atomic E-state index is 11.9. The van der Waals surface area contributed by atoms with Crippen LogP contribution >= 0.6 is 0 Å². The second-order valence-corrected chi connectivity index (χ2v) is 6.34. The van der Waals surface area contributed by atoms with E-state index in [1.54, 1.807) is 0 Å². The van der Waals surface area contributed by atoms with Crippen LogP contribution in [0.5, 0.6) is 0 Å². The average Bonchev–Trinajstić information content (AvgIpc) is 2.55. The molecule has 92 valence electrons. The Balaban J connectivity index is 1.97. The number of fused-ring (bicyclic) bond motifs is 1. The van der Waals surface area contributed by atoms with Crippen LogP contribution in [0.4, 0.5) is 4.79 Å². The minimum Gasteiger partial charge on any atom is -0.444 e. The van der Waals surface area contributed by atoms with Crippen molar-refractivity contribution in [3.63, 3.8) is 0 Å². The molecule has 0 aromatic heterocycles. The van der Waals surface area contributed by atoms with Crippen LogP contribution in [0.3, 0.4) is 0 Å². The van der Waals surface area contributed by atoms with Crippen molar-refractivity contribution in [2.45, 2.75) is 33.3 Å². The zero-order valence-corrected chi connectivity index (χ0v) is 10.7. The summed E-state index contributed by atoms with van der Waals surface area (Å²) >= 11 is 0. The SMILES string of the molecule is CC(C)(C)OC(=O)N1C[C@H]2CNC[C@@]2(C)C1. The van der Waals surface area contributed by atoms with E-state index in [2.05, 4.69) is 12.2 Å². The Morgan fingerprint density at radius 3 is 2.75 bits per heavy atom. The molecule has 0 radical (unpaired) electrons. The van der Waals surface area contributed by atoms with Gasteiger partial charge in [-0.3, -0.25) is 0 Å². The highest BCUT2D eigenvalue weighted by Crippen LogP contribution is 2.38. The largest absolute Gasteiger partial charge is 0.444 e. The number of ether oxygens (including phenoxy) is 1. The zero-order valence-electron chi connectivity index (χ0n) is 10.7. The van der Waals surface area contributed by atoms with Gasteiger partial charge in [0.05, 0.1) is 0 Å². The number of nitrogens with one attached hydrogen (secondary N) is 1. The van der Waals surface area contributed by atoms with Gasteiger partial charge in [0.1, 0.15) is 5.60 Å². The third-order valence-electron chi connectivity index (χ3n) is 3.55. The van der Waals surface area contributed by atoms with Gasteiger partial charge in [0, 0.05) is 31.6 Å². The molecule has 1 amide bonds. The van der Waals surface area contributed by atoms with Crippen LogP contribution in [0.1, 0.15) is 27.7 Å². The molecule has 2 aliphatic rings. The lowest BCUT2D eigenvalue weighted by atomic mass is 9.83. The fourth-order valence-corrected chi connectivity index (χ4v) is 2.62. The first-order valence-electron chi connectivity index (χ1n) is 5.99. The maximum Gasteiger partial charge on any atom is 0.410 e. The molecule has 0 aromatic rings. The molecule has 2 aliphatic heterocycles. The summed E-state index contributed by atoms with van der Waals surface area (Å²) in [6.07, 6.45) is -0.164. The molecule has 16 heavy (non-hydrogen) atoms. The molecule has 1 N–H and O–H groups in total. The van der Waals surface area contributed by atoms with Crippen LogP contribution in [0, 0.1) is 11.3 Å². The first-order chi connectivity index (χ1) is 7.30. The lowest BCUT2D eigenvalue weighted by Gasteiger charge is -2.26. The Labute approximate surface area is 97.3 Å². The van der Waals surface area contributed by atoms with E-state index in [9.17, 15) is 4.79 Å². The van der Waals surface area contributed by atoms with Crippen LogP contribution < -0.4 is 5.32 Å². The number of hydrogen-bond donors (Lipinski definition) is 1. The molecule has 4 heteroatoms. The first kappa shape index (κ1) is 11.7. The minimum atomic E-state index is -0.395. The maximum absolute atomic E-state index is 11.9. The van der Waals surface area contributed by atoms with Crippen molar-refractivity contribution in [1.82, 2.24) is 10.2 Å². The van der Waals surface area contributed by atoms with E-state index in [4.69, 9.17) is 4.74 Å². The van der Waals surface area contributed by atoms with E-state index in [0.717, 1.165) is 26.2 Å². The van der Waals surface area contributed by atoms with Gasteiger partial charge in [-0.15, -0.1) is 0 Å². The van der Waals surface area contributed by atoms with Crippen LogP contribution in [0.25, 0.3) is 0 Å². The number of amides is 1. The summed E-state index contributed by atoms with van der Waals surface area (Å²) in [4.78, 5) is 13.8. The molecule has 2 fully saturated rings. The van der Waals surface area contributed by atoms with Gasteiger partial charge in [-0.1, -0.05) is 6.92 Å². The molecule has 4 nitrogen and oxygen atoms in total. The molecule has 0 aliphatic carbocycles. The van der Waals surface area contributed by atoms with Crippen LogP contribution in [0.2, 0.25) is 0 Å². The molecule has 0 bridgehead atoms. The van der Waals surface area contributed by atoms with Crippen LogP contribution in [-0.4, -0.2) is 42.8 Å². The smallest absolute Gasteiger partial charge is 0.410 e. The lowest BCUT2D eigenvalue weighted by Crippen LogP contribution is -2.38. The van der Waals surface area contributed by atoms with Gasteiger partial charge in [-0.05, 0) is 26.7 Å². The van der Waals surface area contributed by atoms with Crippen molar-refractivity contribution in [1.29, 1.82) is 0 Å². The zero-order chi connectivity index (χ0) is 12.0. The number of likely N-dealkylation sites (tertiary alicyclic amines) is 1. The van der Waals surface area contributed by atoms with Crippen molar-refractivity contribution >= 4 is 6.09 Å². The molecule has 2 heterocycles. The van der Waals surface area contributed by atoms with E-state index in [1.807, 2.05) is 25.7 Å². The molecule has 0 aromatic carbocycles. The summed E-state index contributed by atoms with van der Waals surface area (Å²) in [6.45, 7) is 11.7. The van der Waals surface area contributed by atoms with E-state index >= 15 is 0 Å². The third kappa shape index (κ3) is 2.17. The van der Waals surface area contributed by atoms with Gasteiger partial charge < -0.3 is 15.0 Å². The molecule has 2 atom stereocenters. The Hall–Kier alpha value is -0.770. The summed E-state index contributed by atoms with van der Waals surface area (Å²) in [6, 6.07) is 0. The van der Waals surface area contributed by atoms with E-state index in [1.165, 1.54) is 0 Å². The average molecular weight is 226 g/mol. The standard InChI is InChI=1S/C12H22N2O2/c1-11(2,3)16-10(15)14-6-9-5-13-7-12(9,4)8-14/h9,13H,5-8H2,1-4H3/t9-,12+/m1/s1. The lowest BCUT2D eigenvalue weighted by molar-refractivity contribution is 0.0272. The van der Waals surface area contributed by atoms with E-state index < -0.39 is 5.60 Å². The number of rotatable bonds is 0. The highest BCUT2D eigenvalue weighted by Gasteiger charge is 2.48. The van der Waals surface area contributed by atoms with Gasteiger partial charge in [0.2, 0.25) is 0 Å². The Bertz CT molecular complexity index is 298. The minimum absolute atomic E-state index is 0.164. The molecular formula is C12H22N2O2. The van der Waals surface area contributed by atoms with Crippen molar-refractivity contribution in [3.8, 4) is 0 Å². The second kappa shape index (κ2) is 3.62. The molecular weight excluding hydrogens is 204 g/mol. The van der Waals surface area contributed by atoms with Crippen molar-refractivity contribution in [3.05, 3.63) is 0 Å².